The molecule has 0 bridgehead atoms. The van der Waals surface area contributed by atoms with Crippen molar-refractivity contribution < 1.29 is 14.7 Å². The molecule has 7 heteroatoms. The Kier molecular flexibility index (Phi) is 5.72. The molecule has 1 atom stereocenters. The maximum absolute atomic E-state index is 11.3. The van der Waals surface area contributed by atoms with Crippen molar-refractivity contribution in [2.45, 2.75) is 19.8 Å². The number of anilines is 1. The Hall–Kier alpha value is -2.18. The fourth-order valence-electron chi connectivity index (χ4n) is 1.53. The van der Waals surface area contributed by atoms with Gasteiger partial charge in [0.05, 0.1) is 0 Å². The van der Waals surface area contributed by atoms with Crippen molar-refractivity contribution in [3.05, 3.63) is 17.8 Å². The van der Waals surface area contributed by atoms with Crippen LogP contribution in [-0.2, 0) is 4.79 Å². The molecule has 0 aliphatic carbocycles. The van der Waals surface area contributed by atoms with Gasteiger partial charge in [0.25, 0.3) is 5.91 Å². The highest BCUT2D eigenvalue weighted by Crippen LogP contribution is 2.10. The zero-order valence-electron chi connectivity index (χ0n) is 11.0. The zero-order valence-corrected chi connectivity index (χ0v) is 11.0. The van der Waals surface area contributed by atoms with Crippen molar-refractivity contribution in [2.24, 2.45) is 5.92 Å². The molecule has 3 N–H and O–H groups in total. The molecule has 1 aromatic heterocycles. The number of aromatic nitrogens is 2. The fourth-order valence-corrected chi connectivity index (χ4v) is 1.53. The molecule has 0 aliphatic heterocycles. The number of carboxylic acid groups (broad SMARTS) is 1. The van der Waals surface area contributed by atoms with Crippen LogP contribution in [-0.4, -0.2) is 40.8 Å². The van der Waals surface area contributed by atoms with Gasteiger partial charge in [-0.05, 0) is 18.1 Å². The molecule has 0 fully saturated rings. The maximum Gasteiger partial charge on any atom is 0.303 e. The molecular formula is C12H18N4O3. The summed E-state index contributed by atoms with van der Waals surface area (Å²) in [4.78, 5) is 21.9. The SMILES string of the molecule is CCC(CNc1ccc(C(=O)NC)nn1)CC(=O)O. The largest absolute Gasteiger partial charge is 0.481 e. The number of hydrogen-bond acceptors (Lipinski definition) is 5. The molecule has 0 aromatic carbocycles. The van der Waals surface area contributed by atoms with E-state index < -0.39 is 5.97 Å². The van der Waals surface area contributed by atoms with Gasteiger partial charge in [0, 0.05) is 20.0 Å². The molecule has 1 aromatic rings. The first-order chi connectivity index (χ1) is 9.06. The third-order valence-electron chi connectivity index (χ3n) is 2.74. The average Bonchev–Trinajstić information content (AvgIpc) is 2.42. The van der Waals surface area contributed by atoms with E-state index in [4.69, 9.17) is 5.11 Å². The third-order valence-corrected chi connectivity index (χ3v) is 2.74. The van der Waals surface area contributed by atoms with Gasteiger partial charge in [-0.15, -0.1) is 10.2 Å². The molecule has 19 heavy (non-hydrogen) atoms. The van der Waals surface area contributed by atoms with Crippen LogP contribution in [0, 0.1) is 5.92 Å². The van der Waals surface area contributed by atoms with E-state index in [2.05, 4.69) is 20.8 Å². The topological polar surface area (TPSA) is 104 Å². The second-order valence-electron chi connectivity index (χ2n) is 4.14. The molecule has 7 nitrogen and oxygen atoms in total. The molecule has 104 valence electrons. The van der Waals surface area contributed by atoms with Crippen LogP contribution in [0.1, 0.15) is 30.3 Å². The number of carboxylic acids is 1. The van der Waals surface area contributed by atoms with Crippen LogP contribution in [0.4, 0.5) is 5.82 Å². The molecule has 0 radical (unpaired) electrons. The van der Waals surface area contributed by atoms with Gasteiger partial charge < -0.3 is 15.7 Å². The molecular weight excluding hydrogens is 248 g/mol. The number of nitrogens with one attached hydrogen (secondary N) is 2. The van der Waals surface area contributed by atoms with E-state index in [1.54, 1.807) is 12.1 Å². The molecule has 1 heterocycles. The van der Waals surface area contributed by atoms with Crippen LogP contribution >= 0.6 is 0 Å². The highest BCUT2D eigenvalue weighted by Gasteiger charge is 2.11. The lowest BCUT2D eigenvalue weighted by Gasteiger charge is -2.13. The van der Waals surface area contributed by atoms with E-state index in [1.807, 2.05) is 6.92 Å². The second kappa shape index (κ2) is 7.30. The van der Waals surface area contributed by atoms with Gasteiger partial charge in [0.15, 0.2) is 5.69 Å². The van der Waals surface area contributed by atoms with Crippen LogP contribution in [0.3, 0.4) is 0 Å². The molecule has 0 saturated heterocycles. The zero-order chi connectivity index (χ0) is 14.3. The van der Waals surface area contributed by atoms with Gasteiger partial charge in [-0.1, -0.05) is 13.3 Å². The minimum absolute atomic E-state index is 0.0397. The number of aliphatic carboxylic acids is 1. The minimum Gasteiger partial charge on any atom is -0.481 e. The first kappa shape index (κ1) is 14.9. The Bertz CT molecular complexity index is 433. The Morgan fingerprint density at radius 2 is 2.11 bits per heavy atom. The van der Waals surface area contributed by atoms with Crippen molar-refractivity contribution in [3.8, 4) is 0 Å². The average molecular weight is 266 g/mol. The first-order valence-corrected chi connectivity index (χ1v) is 6.08. The predicted octanol–water partition coefficient (Wildman–Crippen LogP) is 0.749. The standard InChI is InChI=1S/C12H18N4O3/c1-3-8(6-11(17)18)7-14-10-5-4-9(15-16-10)12(19)13-2/h4-5,8H,3,6-7H2,1-2H3,(H,13,19)(H,14,16)(H,17,18). The summed E-state index contributed by atoms with van der Waals surface area (Å²) in [6.07, 6.45) is 0.885. The molecule has 0 aliphatic rings. The van der Waals surface area contributed by atoms with Crippen LogP contribution in [0.15, 0.2) is 12.1 Å². The molecule has 0 saturated carbocycles. The summed E-state index contributed by atoms with van der Waals surface area (Å²) in [5, 5.41) is 21.8. The number of rotatable bonds is 7. The predicted molar refractivity (Wildman–Crippen MR) is 69.9 cm³/mol. The highest BCUT2D eigenvalue weighted by molar-refractivity contribution is 5.91. The summed E-state index contributed by atoms with van der Waals surface area (Å²) >= 11 is 0. The van der Waals surface area contributed by atoms with Crippen molar-refractivity contribution >= 4 is 17.7 Å². The number of amides is 1. The molecule has 1 amide bonds. The Labute approximate surface area is 111 Å². The number of carbonyl (C=O) groups is 2. The lowest BCUT2D eigenvalue weighted by atomic mass is 10.0. The van der Waals surface area contributed by atoms with Crippen molar-refractivity contribution in [1.29, 1.82) is 0 Å². The highest BCUT2D eigenvalue weighted by atomic mass is 16.4. The van der Waals surface area contributed by atoms with Crippen molar-refractivity contribution in [2.75, 3.05) is 18.9 Å². The third kappa shape index (κ3) is 4.90. The lowest BCUT2D eigenvalue weighted by Crippen LogP contribution is -2.21. The fraction of sp³-hybridized carbons (Fsp3) is 0.500. The van der Waals surface area contributed by atoms with E-state index in [0.717, 1.165) is 6.42 Å². The quantitative estimate of drug-likeness (QED) is 0.672. The van der Waals surface area contributed by atoms with Gasteiger partial charge in [-0.2, -0.15) is 0 Å². The second-order valence-corrected chi connectivity index (χ2v) is 4.14. The first-order valence-electron chi connectivity index (χ1n) is 6.08. The Morgan fingerprint density at radius 1 is 1.37 bits per heavy atom. The number of nitrogens with zero attached hydrogens (tertiary/aromatic N) is 2. The smallest absolute Gasteiger partial charge is 0.303 e. The van der Waals surface area contributed by atoms with E-state index in [0.29, 0.717) is 12.4 Å². The molecule has 0 spiro atoms. The van der Waals surface area contributed by atoms with E-state index in [9.17, 15) is 9.59 Å². The monoisotopic (exact) mass is 266 g/mol. The number of carbonyl (C=O) groups excluding carboxylic acids is 1. The normalized spacial score (nSPS) is 11.7. The van der Waals surface area contributed by atoms with Gasteiger partial charge in [0.1, 0.15) is 5.82 Å². The lowest BCUT2D eigenvalue weighted by molar-refractivity contribution is -0.138. The summed E-state index contributed by atoms with van der Waals surface area (Å²) in [5.74, 6) is -0.541. The number of hydrogen-bond donors (Lipinski definition) is 3. The van der Waals surface area contributed by atoms with Gasteiger partial charge in [0.2, 0.25) is 0 Å². The maximum atomic E-state index is 11.3. The molecule has 1 rings (SSSR count). The summed E-state index contributed by atoms with van der Waals surface area (Å²) in [7, 11) is 1.52. The summed E-state index contributed by atoms with van der Waals surface area (Å²) in [5.41, 5.74) is 0.241. The van der Waals surface area contributed by atoms with E-state index in [1.165, 1.54) is 7.05 Å². The molecule has 1 unspecified atom stereocenters. The van der Waals surface area contributed by atoms with Crippen LogP contribution in [0.5, 0.6) is 0 Å². The van der Waals surface area contributed by atoms with Crippen LogP contribution in [0.2, 0.25) is 0 Å². The van der Waals surface area contributed by atoms with Gasteiger partial charge in [-0.3, -0.25) is 9.59 Å². The van der Waals surface area contributed by atoms with Crippen LogP contribution in [0.25, 0.3) is 0 Å². The summed E-state index contributed by atoms with van der Waals surface area (Å²) < 4.78 is 0. The summed E-state index contributed by atoms with van der Waals surface area (Å²) in [6, 6.07) is 3.21. The Balaban J connectivity index is 2.53. The van der Waals surface area contributed by atoms with Crippen molar-refractivity contribution in [3.63, 3.8) is 0 Å². The summed E-state index contributed by atoms with van der Waals surface area (Å²) in [6.45, 7) is 2.45. The van der Waals surface area contributed by atoms with Crippen molar-refractivity contribution in [1.82, 2.24) is 15.5 Å². The van der Waals surface area contributed by atoms with Gasteiger partial charge >= 0.3 is 5.97 Å². The van der Waals surface area contributed by atoms with Gasteiger partial charge in [-0.25, -0.2) is 0 Å². The van der Waals surface area contributed by atoms with E-state index >= 15 is 0 Å². The minimum atomic E-state index is -0.810. The van der Waals surface area contributed by atoms with Crippen LogP contribution < -0.4 is 10.6 Å². The van der Waals surface area contributed by atoms with E-state index in [-0.39, 0.29) is 23.9 Å². The Morgan fingerprint density at radius 3 is 2.58 bits per heavy atom.